The molecule has 6 heteroatoms. The van der Waals surface area contributed by atoms with Gasteiger partial charge in [-0.3, -0.25) is 4.79 Å². The largest absolute Gasteiger partial charge is 0.497 e. The van der Waals surface area contributed by atoms with Crippen molar-refractivity contribution >= 4 is 16.7 Å². The summed E-state index contributed by atoms with van der Waals surface area (Å²) in [5.41, 5.74) is 0.351. The maximum absolute atomic E-state index is 12.6. The van der Waals surface area contributed by atoms with Crippen LogP contribution in [0.3, 0.4) is 0 Å². The topological polar surface area (TPSA) is 64.8 Å². The van der Waals surface area contributed by atoms with Crippen molar-refractivity contribution in [1.82, 2.24) is 9.88 Å². The molecule has 1 aromatic heterocycles. The molecule has 3 aromatic rings. The maximum Gasteiger partial charge on any atom is 0.275 e. The molecule has 0 atom stereocenters. The molecular weight excluding hydrogens is 356 g/mol. The second kappa shape index (κ2) is 8.33. The minimum atomic E-state index is -0.0605. The molecule has 1 aliphatic heterocycles. The summed E-state index contributed by atoms with van der Waals surface area (Å²) in [4.78, 5) is 18.8. The quantitative estimate of drug-likeness (QED) is 0.655. The predicted octanol–water partition coefficient (Wildman–Crippen LogP) is 4.43. The van der Waals surface area contributed by atoms with E-state index in [-0.39, 0.29) is 12.5 Å². The van der Waals surface area contributed by atoms with Crippen LogP contribution >= 0.6 is 0 Å². The molecule has 28 heavy (non-hydrogen) atoms. The van der Waals surface area contributed by atoms with Crippen molar-refractivity contribution in [3.05, 3.63) is 54.2 Å². The molecule has 2 heterocycles. The predicted molar refractivity (Wildman–Crippen MR) is 106 cm³/mol. The molecular formula is C22H24N2O4. The van der Waals surface area contributed by atoms with Crippen LogP contribution < -0.4 is 9.47 Å². The van der Waals surface area contributed by atoms with E-state index in [2.05, 4.69) is 4.98 Å². The number of amides is 1. The summed E-state index contributed by atoms with van der Waals surface area (Å²) in [6.07, 6.45) is 5.88. The lowest BCUT2D eigenvalue weighted by Gasteiger charge is -2.18. The van der Waals surface area contributed by atoms with E-state index in [0.717, 1.165) is 42.5 Å². The number of hydrogen-bond donors (Lipinski definition) is 0. The Labute approximate surface area is 164 Å². The van der Waals surface area contributed by atoms with E-state index in [0.29, 0.717) is 17.3 Å². The smallest absolute Gasteiger partial charge is 0.275 e. The van der Waals surface area contributed by atoms with Crippen molar-refractivity contribution in [3.63, 3.8) is 0 Å². The fourth-order valence-corrected chi connectivity index (χ4v) is 3.48. The second-order valence-corrected chi connectivity index (χ2v) is 7.00. The molecule has 0 spiro atoms. The van der Waals surface area contributed by atoms with E-state index in [1.54, 1.807) is 7.11 Å². The van der Waals surface area contributed by atoms with Crippen molar-refractivity contribution in [3.8, 4) is 11.5 Å². The van der Waals surface area contributed by atoms with E-state index < -0.39 is 0 Å². The van der Waals surface area contributed by atoms with Crippen LogP contribution in [-0.4, -0.2) is 36.0 Å². The van der Waals surface area contributed by atoms with Gasteiger partial charge in [-0.05, 0) is 47.9 Å². The third-order valence-corrected chi connectivity index (χ3v) is 5.05. The highest BCUT2D eigenvalue weighted by atomic mass is 16.5. The third kappa shape index (κ3) is 4.11. The number of carbonyl (C=O) groups is 1. The van der Waals surface area contributed by atoms with E-state index in [1.165, 1.54) is 19.1 Å². The number of nitrogens with zero attached hydrogens (tertiary/aromatic N) is 2. The number of methoxy groups -OCH3 is 1. The minimum absolute atomic E-state index is 0.0605. The third-order valence-electron chi connectivity index (χ3n) is 5.05. The van der Waals surface area contributed by atoms with Crippen LogP contribution in [0.15, 0.2) is 47.1 Å². The summed E-state index contributed by atoms with van der Waals surface area (Å²) in [6.45, 7) is 1.75. The lowest BCUT2D eigenvalue weighted by molar-refractivity contribution is 0.0755. The molecule has 0 saturated carbocycles. The molecule has 0 bridgehead atoms. The zero-order valence-electron chi connectivity index (χ0n) is 16.0. The number of oxazole rings is 1. The van der Waals surface area contributed by atoms with Crippen molar-refractivity contribution in [2.75, 3.05) is 20.2 Å². The van der Waals surface area contributed by atoms with Crippen molar-refractivity contribution in [1.29, 1.82) is 0 Å². The number of hydrogen-bond acceptors (Lipinski definition) is 5. The zero-order valence-corrected chi connectivity index (χ0v) is 16.0. The van der Waals surface area contributed by atoms with Gasteiger partial charge in [-0.1, -0.05) is 25.0 Å². The number of carbonyl (C=O) groups excluding carboxylic acids is 1. The Morgan fingerprint density at radius 2 is 1.75 bits per heavy atom. The van der Waals surface area contributed by atoms with Gasteiger partial charge < -0.3 is 18.8 Å². The minimum Gasteiger partial charge on any atom is -0.497 e. The lowest BCUT2D eigenvalue weighted by atomic mass is 10.1. The van der Waals surface area contributed by atoms with Gasteiger partial charge in [-0.2, -0.15) is 0 Å². The number of fused-ring (bicyclic) bond motifs is 1. The molecule has 2 aromatic carbocycles. The standard InChI is InChI=1S/C22H24N2O4/c1-26-18-8-6-16-7-9-19(13-17(16)12-18)27-15-21-23-20(14-28-21)22(25)24-10-4-2-3-5-11-24/h6-9,12-14H,2-5,10-11,15H2,1H3. The Kier molecular flexibility index (Phi) is 5.46. The molecule has 1 aliphatic rings. The van der Waals surface area contributed by atoms with Gasteiger partial charge in [0, 0.05) is 13.1 Å². The first kappa shape index (κ1) is 18.3. The van der Waals surface area contributed by atoms with Crippen LogP contribution in [0.25, 0.3) is 10.8 Å². The molecule has 1 amide bonds. The SMILES string of the molecule is COc1ccc2ccc(OCc3nc(C(=O)N4CCCCCC4)co3)cc2c1. The molecule has 146 valence electrons. The van der Waals surface area contributed by atoms with Crippen molar-refractivity contribution in [2.24, 2.45) is 0 Å². The van der Waals surface area contributed by atoms with Crippen molar-refractivity contribution < 1.29 is 18.7 Å². The van der Waals surface area contributed by atoms with Gasteiger partial charge in [0.1, 0.15) is 17.8 Å². The first-order chi connectivity index (χ1) is 13.7. The highest BCUT2D eigenvalue weighted by Crippen LogP contribution is 2.25. The molecule has 0 N–H and O–H groups in total. The van der Waals surface area contributed by atoms with Gasteiger partial charge in [-0.25, -0.2) is 4.98 Å². The van der Waals surface area contributed by atoms with Gasteiger partial charge in [-0.15, -0.1) is 0 Å². The first-order valence-corrected chi connectivity index (χ1v) is 9.67. The Morgan fingerprint density at radius 3 is 2.50 bits per heavy atom. The Morgan fingerprint density at radius 1 is 1.04 bits per heavy atom. The highest BCUT2D eigenvalue weighted by molar-refractivity contribution is 5.92. The summed E-state index contributed by atoms with van der Waals surface area (Å²) in [5.74, 6) is 1.84. The maximum atomic E-state index is 12.6. The highest BCUT2D eigenvalue weighted by Gasteiger charge is 2.20. The van der Waals surface area contributed by atoms with Crippen LogP contribution in [0.1, 0.15) is 42.1 Å². The van der Waals surface area contributed by atoms with Gasteiger partial charge in [0.25, 0.3) is 5.91 Å². The zero-order chi connectivity index (χ0) is 19.3. The lowest BCUT2D eigenvalue weighted by Crippen LogP contribution is -2.32. The van der Waals surface area contributed by atoms with Crippen LogP contribution in [-0.2, 0) is 6.61 Å². The molecule has 1 fully saturated rings. The molecule has 0 radical (unpaired) electrons. The second-order valence-electron chi connectivity index (χ2n) is 7.00. The fraction of sp³-hybridized carbons (Fsp3) is 0.364. The van der Waals surface area contributed by atoms with Gasteiger partial charge >= 0.3 is 0 Å². The monoisotopic (exact) mass is 380 g/mol. The van der Waals surface area contributed by atoms with E-state index >= 15 is 0 Å². The number of ether oxygens (including phenoxy) is 2. The van der Waals surface area contributed by atoms with Gasteiger partial charge in [0.2, 0.25) is 5.89 Å². The average molecular weight is 380 g/mol. The first-order valence-electron chi connectivity index (χ1n) is 9.67. The molecule has 0 aliphatic carbocycles. The average Bonchev–Trinajstić information content (AvgIpc) is 3.04. The summed E-state index contributed by atoms with van der Waals surface area (Å²) in [7, 11) is 1.65. The van der Waals surface area contributed by atoms with E-state index in [4.69, 9.17) is 13.9 Å². The summed E-state index contributed by atoms with van der Waals surface area (Å²) >= 11 is 0. The van der Waals surface area contributed by atoms with Crippen LogP contribution in [0.2, 0.25) is 0 Å². The van der Waals surface area contributed by atoms with E-state index in [9.17, 15) is 4.79 Å². The van der Waals surface area contributed by atoms with Gasteiger partial charge in [0.15, 0.2) is 12.3 Å². The molecule has 1 saturated heterocycles. The summed E-state index contributed by atoms with van der Waals surface area (Å²) in [6, 6.07) is 11.7. The van der Waals surface area contributed by atoms with Crippen molar-refractivity contribution in [2.45, 2.75) is 32.3 Å². The fourth-order valence-electron chi connectivity index (χ4n) is 3.48. The number of benzene rings is 2. The van der Waals surface area contributed by atoms with Crippen LogP contribution in [0, 0.1) is 0 Å². The number of likely N-dealkylation sites (tertiary alicyclic amines) is 1. The molecule has 6 nitrogen and oxygen atoms in total. The van der Waals surface area contributed by atoms with Crippen LogP contribution in [0.5, 0.6) is 11.5 Å². The molecule has 0 unspecified atom stereocenters. The Hall–Kier alpha value is -3.02. The van der Waals surface area contributed by atoms with Gasteiger partial charge in [0.05, 0.1) is 7.11 Å². The summed E-state index contributed by atoms with van der Waals surface area (Å²) in [5, 5.41) is 2.14. The Balaban J connectivity index is 1.41. The summed E-state index contributed by atoms with van der Waals surface area (Å²) < 4.78 is 16.5. The molecule has 4 rings (SSSR count). The number of aromatic nitrogens is 1. The Bertz CT molecular complexity index is 958. The normalized spacial score (nSPS) is 14.7. The van der Waals surface area contributed by atoms with Crippen LogP contribution in [0.4, 0.5) is 0 Å². The van der Waals surface area contributed by atoms with E-state index in [1.807, 2.05) is 41.3 Å². The number of rotatable bonds is 5.